The summed E-state index contributed by atoms with van der Waals surface area (Å²) in [6.45, 7) is 2.18. The minimum absolute atomic E-state index is 0.110. The Morgan fingerprint density at radius 2 is 1.68 bits per heavy atom. The van der Waals surface area contributed by atoms with Crippen LogP contribution in [0.3, 0.4) is 0 Å². The van der Waals surface area contributed by atoms with E-state index in [0.29, 0.717) is 12.3 Å². The standard InChI is InChI=1S/C23H21N3O2/c1-18(28-21-12-6-3-7-13-21)23(27)26(19-10-4-2-5-11-19)17-20-16-24-22-14-8-9-15-25(20)22/h2-16,18H,17H2,1H3/t18-/m1/s1. The predicted molar refractivity (Wildman–Crippen MR) is 109 cm³/mol. The third-order valence-electron chi connectivity index (χ3n) is 4.55. The molecule has 0 saturated carbocycles. The molecule has 0 N–H and O–H groups in total. The maximum Gasteiger partial charge on any atom is 0.268 e. The van der Waals surface area contributed by atoms with E-state index in [1.807, 2.05) is 89.5 Å². The number of ether oxygens (including phenoxy) is 1. The molecular formula is C23H21N3O2. The fourth-order valence-corrected chi connectivity index (χ4v) is 3.14. The van der Waals surface area contributed by atoms with Gasteiger partial charge in [0.05, 0.1) is 18.4 Å². The monoisotopic (exact) mass is 371 g/mol. The molecule has 5 nitrogen and oxygen atoms in total. The molecule has 0 aliphatic rings. The SMILES string of the molecule is C[C@@H](Oc1ccccc1)C(=O)N(Cc1cnc2ccccn12)c1ccccc1. The number of hydrogen-bond donors (Lipinski definition) is 0. The molecule has 0 saturated heterocycles. The summed E-state index contributed by atoms with van der Waals surface area (Å²) >= 11 is 0. The maximum absolute atomic E-state index is 13.3. The smallest absolute Gasteiger partial charge is 0.268 e. The second-order valence-corrected chi connectivity index (χ2v) is 6.51. The van der Waals surface area contributed by atoms with Crippen molar-refractivity contribution in [2.24, 2.45) is 0 Å². The molecule has 5 heteroatoms. The molecule has 140 valence electrons. The lowest BCUT2D eigenvalue weighted by Gasteiger charge is -2.26. The number of hydrogen-bond acceptors (Lipinski definition) is 3. The van der Waals surface area contributed by atoms with Crippen molar-refractivity contribution in [2.75, 3.05) is 4.90 Å². The Balaban J connectivity index is 1.63. The molecule has 1 amide bonds. The van der Waals surface area contributed by atoms with Crippen molar-refractivity contribution in [3.63, 3.8) is 0 Å². The summed E-state index contributed by atoms with van der Waals surface area (Å²) < 4.78 is 7.86. The van der Waals surface area contributed by atoms with Gasteiger partial charge >= 0.3 is 0 Å². The van der Waals surface area contributed by atoms with Gasteiger partial charge in [0.2, 0.25) is 0 Å². The number of aromatic nitrogens is 2. The zero-order valence-corrected chi connectivity index (χ0v) is 15.6. The highest BCUT2D eigenvalue weighted by Crippen LogP contribution is 2.21. The number of nitrogens with zero attached hydrogens (tertiary/aromatic N) is 3. The molecular weight excluding hydrogens is 350 g/mol. The lowest BCUT2D eigenvalue weighted by atomic mass is 10.2. The highest BCUT2D eigenvalue weighted by Gasteiger charge is 2.24. The van der Waals surface area contributed by atoms with Crippen molar-refractivity contribution in [1.82, 2.24) is 9.38 Å². The molecule has 0 spiro atoms. The number of carbonyl (C=O) groups is 1. The highest BCUT2D eigenvalue weighted by molar-refractivity contribution is 5.96. The fraction of sp³-hybridized carbons (Fsp3) is 0.130. The summed E-state index contributed by atoms with van der Waals surface area (Å²) in [5, 5.41) is 0. The Labute approximate surface area is 163 Å². The fourth-order valence-electron chi connectivity index (χ4n) is 3.14. The Morgan fingerprint density at radius 3 is 2.43 bits per heavy atom. The Morgan fingerprint density at radius 1 is 1.00 bits per heavy atom. The second-order valence-electron chi connectivity index (χ2n) is 6.51. The van der Waals surface area contributed by atoms with Crippen LogP contribution in [0.15, 0.2) is 91.3 Å². The van der Waals surface area contributed by atoms with E-state index in [0.717, 1.165) is 17.0 Å². The summed E-state index contributed by atoms with van der Waals surface area (Å²) in [6.07, 6.45) is 3.14. The number of carbonyl (C=O) groups excluding carboxylic acids is 1. The van der Waals surface area contributed by atoms with E-state index < -0.39 is 6.10 Å². The average Bonchev–Trinajstić information content (AvgIpc) is 3.16. The minimum atomic E-state index is -0.623. The van der Waals surface area contributed by atoms with E-state index in [-0.39, 0.29) is 5.91 Å². The first-order valence-electron chi connectivity index (χ1n) is 9.21. The zero-order valence-electron chi connectivity index (χ0n) is 15.6. The third-order valence-corrected chi connectivity index (χ3v) is 4.55. The van der Waals surface area contributed by atoms with Gasteiger partial charge in [0.25, 0.3) is 5.91 Å². The van der Waals surface area contributed by atoms with E-state index in [9.17, 15) is 4.79 Å². The van der Waals surface area contributed by atoms with Gasteiger partial charge in [-0.05, 0) is 43.3 Å². The van der Waals surface area contributed by atoms with Gasteiger partial charge in [0.15, 0.2) is 6.10 Å². The van der Waals surface area contributed by atoms with Crippen LogP contribution in [0.1, 0.15) is 12.6 Å². The normalized spacial score (nSPS) is 11.9. The Kier molecular flexibility index (Phi) is 5.06. The molecule has 4 aromatic rings. The van der Waals surface area contributed by atoms with Crippen LogP contribution in [0.5, 0.6) is 5.75 Å². The van der Waals surface area contributed by atoms with Crippen LogP contribution in [-0.2, 0) is 11.3 Å². The zero-order chi connectivity index (χ0) is 19.3. The molecule has 0 unspecified atom stereocenters. The van der Waals surface area contributed by atoms with Crippen LogP contribution in [0.4, 0.5) is 5.69 Å². The summed E-state index contributed by atoms with van der Waals surface area (Å²) in [7, 11) is 0. The molecule has 0 radical (unpaired) electrons. The number of imidazole rings is 1. The van der Waals surface area contributed by atoms with Crippen LogP contribution in [-0.4, -0.2) is 21.4 Å². The van der Waals surface area contributed by atoms with Crippen molar-refractivity contribution in [1.29, 1.82) is 0 Å². The number of benzene rings is 2. The van der Waals surface area contributed by atoms with Crippen molar-refractivity contribution in [3.8, 4) is 5.75 Å². The number of amides is 1. The lowest BCUT2D eigenvalue weighted by molar-refractivity contribution is -0.124. The molecule has 0 aliphatic heterocycles. The summed E-state index contributed by atoms with van der Waals surface area (Å²) in [4.78, 5) is 19.5. The van der Waals surface area contributed by atoms with Gasteiger partial charge in [-0.15, -0.1) is 0 Å². The van der Waals surface area contributed by atoms with Crippen molar-refractivity contribution < 1.29 is 9.53 Å². The van der Waals surface area contributed by atoms with E-state index in [2.05, 4.69) is 4.98 Å². The molecule has 28 heavy (non-hydrogen) atoms. The van der Waals surface area contributed by atoms with E-state index in [1.165, 1.54) is 0 Å². The van der Waals surface area contributed by atoms with Crippen LogP contribution in [0, 0.1) is 0 Å². The number of rotatable bonds is 6. The van der Waals surface area contributed by atoms with Crippen LogP contribution in [0.2, 0.25) is 0 Å². The topological polar surface area (TPSA) is 46.8 Å². The van der Waals surface area contributed by atoms with Crippen molar-refractivity contribution >= 4 is 17.2 Å². The van der Waals surface area contributed by atoms with Gasteiger partial charge in [0, 0.05) is 11.9 Å². The largest absolute Gasteiger partial charge is 0.481 e. The predicted octanol–water partition coefficient (Wildman–Crippen LogP) is 4.34. The summed E-state index contributed by atoms with van der Waals surface area (Å²) in [6, 6.07) is 24.9. The van der Waals surface area contributed by atoms with Gasteiger partial charge in [-0.2, -0.15) is 0 Å². The molecule has 0 fully saturated rings. The van der Waals surface area contributed by atoms with Crippen LogP contribution in [0.25, 0.3) is 5.65 Å². The summed E-state index contributed by atoms with van der Waals surface area (Å²) in [5.74, 6) is 0.562. The first-order valence-corrected chi connectivity index (χ1v) is 9.21. The average molecular weight is 371 g/mol. The van der Waals surface area contributed by atoms with E-state index in [1.54, 1.807) is 18.0 Å². The number of fused-ring (bicyclic) bond motifs is 1. The van der Waals surface area contributed by atoms with Gasteiger partial charge in [-0.3, -0.25) is 4.79 Å². The Hall–Kier alpha value is -3.60. The first kappa shape index (κ1) is 17.8. The number of para-hydroxylation sites is 2. The lowest BCUT2D eigenvalue weighted by Crippen LogP contribution is -2.40. The van der Waals surface area contributed by atoms with Crippen molar-refractivity contribution in [3.05, 3.63) is 97.0 Å². The van der Waals surface area contributed by atoms with Crippen LogP contribution >= 0.6 is 0 Å². The highest BCUT2D eigenvalue weighted by atomic mass is 16.5. The van der Waals surface area contributed by atoms with E-state index >= 15 is 0 Å². The summed E-state index contributed by atoms with van der Waals surface area (Å²) in [5.41, 5.74) is 2.60. The Bertz CT molecular complexity index is 1060. The molecule has 2 heterocycles. The third kappa shape index (κ3) is 3.74. The second kappa shape index (κ2) is 7.96. The number of pyridine rings is 1. The first-order chi connectivity index (χ1) is 13.7. The minimum Gasteiger partial charge on any atom is -0.481 e. The quantitative estimate of drug-likeness (QED) is 0.507. The van der Waals surface area contributed by atoms with Crippen molar-refractivity contribution in [2.45, 2.75) is 19.6 Å². The van der Waals surface area contributed by atoms with Crippen LogP contribution < -0.4 is 9.64 Å². The molecule has 4 rings (SSSR count). The van der Waals surface area contributed by atoms with Gasteiger partial charge < -0.3 is 14.0 Å². The van der Waals surface area contributed by atoms with Gasteiger partial charge in [0.1, 0.15) is 11.4 Å². The molecule has 0 aliphatic carbocycles. The molecule has 2 aromatic heterocycles. The maximum atomic E-state index is 13.3. The van der Waals surface area contributed by atoms with Gasteiger partial charge in [-0.25, -0.2) is 4.98 Å². The molecule has 0 bridgehead atoms. The van der Waals surface area contributed by atoms with Gasteiger partial charge in [-0.1, -0.05) is 42.5 Å². The number of anilines is 1. The molecule has 2 aromatic carbocycles. The van der Waals surface area contributed by atoms with E-state index in [4.69, 9.17) is 4.74 Å². The molecule has 1 atom stereocenters.